The minimum atomic E-state index is -1.90. The molecule has 0 atom stereocenters. The number of nitrogens with zero attached hydrogens (tertiary/aromatic N) is 8. The molecule has 8 aromatic heterocycles. The van der Waals surface area contributed by atoms with Crippen molar-refractivity contribution >= 4 is 111 Å². The van der Waals surface area contributed by atoms with E-state index < -0.39 is 47.7 Å². The number of aromatic nitrogens is 4. The molecule has 0 aliphatic rings. The summed E-state index contributed by atoms with van der Waals surface area (Å²) in [6.07, 6.45) is -6.74. The third-order valence-corrected chi connectivity index (χ3v) is 21.9. The number of hydrogen-bond acceptors (Lipinski definition) is 4. The SMILES string of the molecule is [2H]C([2H])(c1cc(C)[n+](C)c(-c2c(C)ccc3c2oc2c(C)cc([N+]#[C-])cc23)c1)C(C)(C)C.[2H]C([2H])(c1cc(C)[n+](C)c(-c2c(C)ccc3c2oc2cc(C)c([N+]#[C-])cc23)c1)C(C)(C)C.[2H]c1c(C([2H])([2H])C(C)(C)C)c([2H])c(-c2c(C)ccc3c2oc2c(C)cc([N+]#[C-])cc23)[n+](C)c1C.[2H]c1c(C([2H])([2H])C(C)C)c([2H])c(-c2c(C)ccc3c2oc2cc(C)c([N+]#[C-])cc23)[n+](C)c1C. The van der Waals surface area contributed by atoms with E-state index in [1.54, 1.807) is 77.8 Å². The van der Waals surface area contributed by atoms with Crippen LogP contribution in [0, 0.1) is 132 Å². The molecule has 0 aliphatic carbocycles. The Hall–Kier alpha value is -12.5. The van der Waals surface area contributed by atoms with E-state index >= 15 is 0 Å². The molecular weight excluding hydrogens is 1460 g/mol. The van der Waals surface area contributed by atoms with Crippen molar-refractivity contribution in [2.75, 3.05) is 0 Å². The summed E-state index contributed by atoms with van der Waals surface area (Å²) in [7, 11) is 7.62. The van der Waals surface area contributed by atoms with Gasteiger partial charge in [-0.2, -0.15) is 18.3 Å². The molecule has 0 fully saturated rings. The Morgan fingerprint density at radius 3 is 0.983 bits per heavy atom. The van der Waals surface area contributed by atoms with Gasteiger partial charge in [-0.15, -0.1) is 0 Å². The smallest absolute Gasteiger partial charge is 0.216 e. The van der Waals surface area contributed by atoms with Gasteiger partial charge in [-0.1, -0.05) is 125 Å². The summed E-state index contributed by atoms with van der Waals surface area (Å²) >= 11 is 0. The molecule has 16 aromatic rings. The highest BCUT2D eigenvalue weighted by molar-refractivity contribution is 6.15. The molecule has 0 bridgehead atoms. The Balaban J connectivity index is 0.000000149. The fourth-order valence-corrected chi connectivity index (χ4v) is 15.8. The van der Waals surface area contributed by atoms with Gasteiger partial charge in [0.05, 0.1) is 54.0 Å². The van der Waals surface area contributed by atoms with E-state index in [4.69, 9.17) is 60.4 Å². The van der Waals surface area contributed by atoms with Gasteiger partial charge in [0, 0.05) is 130 Å². The van der Waals surface area contributed by atoms with Gasteiger partial charge in [-0.3, -0.25) is 0 Å². The van der Waals surface area contributed by atoms with Crippen molar-refractivity contribution in [3.8, 4) is 45.0 Å². The fraction of sp³-hybridized carbons (Fsp3) is 0.327. The molecule has 0 N–H and O–H groups in total. The minimum Gasteiger partial charge on any atom is -0.455 e. The molecular formula is C107H114N8O4+4. The molecule has 0 saturated carbocycles. The molecule has 119 heavy (non-hydrogen) atoms. The first-order valence-corrected chi connectivity index (χ1v) is 40.3. The zero-order chi connectivity index (χ0) is 96.9. The van der Waals surface area contributed by atoms with Gasteiger partial charge in [-0.25, -0.2) is 19.4 Å². The number of benzene rings is 8. The lowest BCUT2D eigenvalue weighted by Crippen LogP contribution is -2.35. The van der Waals surface area contributed by atoms with E-state index in [-0.39, 0.29) is 35.3 Å². The van der Waals surface area contributed by atoms with Gasteiger partial charge in [0.1, 0.15) is 72.9 Å². The van der Waals surface area contributed by atoms with Crippen LogP contribution in [0.15, 0.2) is 163 Å². The minimum absolute atomic E-state index is 0.000818. The number of aryl methyl sites for hydroxylation is 10. The Kier molecular flexibility index (Phi) is 19.0. The monoisotopic (exact) mass is 1590 g/mol. The number of pyridine rings is 4. The van der Waals surface area contributed by atoms with Crippen molar-refractivity contribution in [3.63, 3.8) is 0 Å². The molecule has 0 saturated heterocycles. The molecule has 0 spiro atoms. The lowest BCUT2D eigenvalue weighted by atomic mass is 9.87. The molecule has 0 unspecified atom stereocenters. The summed E-state index contributed by atoms with van der Waals surface area (Å²) in [6, 6.07) is 38.9. The lowest BCUT2D eigenvalue weighted by Gasteiger charge is -2.18. The van der Waals surface area contributed by atoms with Crippen molar-refractivity contribution in [2.24, 2.45) is 50.4 Å². The average molecular weight is 1590 g/mol. The number of fused-ring (bicyclic) bond motifs is 12. The first kappa shape index (κ1) is 69.6. The lowest BCUT2D eigenvalue weighted by molar-refractivity contribution is -0.666. The second-order valence-corrected chi connectivity index (χ2v) is 35.3. The van der Waals surface area contributed by atoms with Crippen LogP contribution in [0.1, 0.15) is 182 Å². The highest BCUT2D eigenvalue weighted by Gasteiger charge is 2.31. The number of furan rings is 4. The molecule has 0 aliphatic heterocycles. The third-order valence-electron chi connectivity index (χ3n) is 21.9. The van der Waals surface area contributed by atoms with Gasteiger partial charge in [0.25, 0.3) is 0 Å². The summed E-state index contributed by atoms with van der Waals surface area (Å²) in [5, 5.41) is 7.17. The highest BCUT2D eigenvalue weighted by atomic mass is 16.3. The predicted octanol–water partition coefficient (Wildman–Crippen LogP) is 28.2. The Morgan fingerprint density at radius 1 is 0.319 bits per heavy atom. The van der Waals surface area contributed by atoms with Crippen LogP contribution in [0.3, 0.4) is 0 Å². The Morgan fingerprint density at radius 2 is 0.639 bits per heavy atom. The molecule has 16 rings (SSSR count). The topological polar surface area (TPSA) is 85.5 Å². The molecule has 0 radical (unpaired) electrons. The van der Waals surface area contributed by atoms with E-state index in [0.717, 1.165) is 144 Å². The fourth-order valence-electron chi connectivity index (χ4n) is 15.8. The van der Waals surface area contributed by atoms with Crippen LogP contribution >= 0.6 is 0 Å². The number of rotatable bonds is 9. The maximum atomic E-state index is 9.15. The quantitative estimate of drug-likeness (QED) is 0.106. The van der Waals surface area contributed by atoms with Crippen LogP contribution < -0.4 is 18.3 Å². The molecule has 12 nitrogen and oxygen atoms in total. The highest BCUT2D eigenvalue weighted by Crippen LogP contribution is 2.46. The molecule has 8 heterocycles. The summed E-state index contributed by atoms with van der Waals surface area (Å²) in [4.78, 5) is 14.5. The van der Waals surface area contributed by atoms with Crippen molar-refractivity contribution in [1.82, 2.24) is 0 Å². The van der Waals surface area contributed by atoms with E-state index in [1.807, 2.05) is 208 Å². The van der Waals surface area contributed by atoms with E-state index in [2.05, 4.69) is 60.6 Å². The Labute approximate surface area is 720 Å². The maximum Gasteiger partial charge on any atom is 0.216 e. The standard InChI is InChI=1S/3C27H29N2O.C26H27N2O/c2*1-16-9-10-21-22-14-20(28-7)11-17(2)25(22)30-26(21)24(16)23-13-19(15-27(4,5)6)12-18(3)29(23)8;1-16-9-10-20-21-14-22(28-7)17(2)11-24(21)30-26(20)25(16)23-13-19(15-27(4,5)6)12-18(3)29(23)8;1-15(2)10-19-12-18(5)28(7)23(13-19)25-16(3)8-9-20-21-14-22(27-6)17(4)11-24(21)29-26(20)25/h3*9-14H,15H2,1-6,8H3;8-9,11-15H,10H2,1-5,7H3/q4*+1/i12D,13D,15D2;2*15D2;10D2,12D,13D. The molecule has 8 aromatic carbocycles. The van der Waals surface area contributed by atoms with Crippen LogP contribution in [0.2, 0.25) is 0 Å². The van der Waals surface area contributed by atoms with Crippen LogP contribution in [0.5, 0.6) is 0 Å². The van der Waals surface area contributed by atoms with E-state index in [1.165, 1.54) is 0 Å². The normalized spacial score (nSPS) is 13.8. The van der Waals surface area contributed by atoms with Crippen molar-refractivity contribution in [3.05, 3.63) is 281 Å². The number of hydrogen-bond donors (Lipinski definition) is 0. The summed E-state index contributed by atoms with van der Waals surface area (Å²) in [5.74, 6) is -0.399. The van der Waals surface area contributed by atoms with Gasteiger partial charge >= 0.3 is 0 Å². The van der Waals surface area contributed by atoms with Gasteiger partial charge in [0.15, 0.2) is 45.5 Å². The van der Waals surface area contributed by atoms with Crippen LogP contribution in [-0.2, 0) is 53.7 Å². The molecule has 0 amide bonds. The third kappa shape index (κ3) is 16.9. The van der Waals surface area contributed by atoms with Crippen LogP contribution in [0.25, 0.3) is 152 Å². The molecule has 602 valence electrons. The first-order chi connectivity index (χ1) is 60.9. The van der Waals surface area contributed by atoms with Crippen molar-refractivity contribution in [1.29, 1.82) is 0 Å². The van der Waals surface area contributed by atoms with Crippen LogP contribution in [0.4, 0.5) is 22.7 Å². The average Bonchev–Trinajstić information content (AvgIpc) is 1.70. The van der Waals surface area contributed by atoms with Crippen LogP contribution in [-0.4, -0.2) is 0 Å². The van der Waals surface area contributed by atoms with E-state index in [9.17, 15) is 0 Å². The Bertz CT molecular complexity index is 7700. The summed E-state index contributed by atoms with van der Waals surface area (Å²) in [5.41, 5.74) is 24.3. The summed E-state index contributed by atoms with van der Waals surface area (Å²) < 4.78 is 139. The van der Waals surface area contributed by atoms with Crippen molar-refractivity contribution in [2.45, 2.75) is 185 Å². The van der Waals surface area contributed by atoms with Gasteiger partial charge < -0.3 is 17.7 Å². The van der Waals surface area contributed by atoms with E-state index in [0.29, 0.717) is 90.1 Å². The summed E-state index contributed by atoms with van der Waals surface area (Å²) in [6.45, 7) is 73.5. The first-order valence-electron chi connectivity index (χ1n) is 46.3. The zero-order valence-corrected chi connectivity index (χ0v) is 73.8. The predicted molar refractivity (Wildman–Crippen MR) is 491 cm³/mol. The maximum absolute atomic E-state index is 9.15. The second-order valence-electron chi connectivity index (χ2n) is 35.3. The zero-order valence-electron chi connectivity index (χ0n) is 85.8. The van der Waals surface area contributed by atoms with Gasteiger partial charge in [0.2, 0.25) is 22.8 Å². The largest absolute Gasteiger partial charge is 0.455 e. The molecule has 12 heteroatoms. The van der Waals surface area contributed by atoms with Crippen molar-refractivity contribution < 1.29 is 52.4 Å². The second kappa shape index (κ2) is 32.4. The van der Waals surface area contributed by atoms with Gasteiger partial charge in [-0.05, 0) is 218 Å².